The van der Waals surface area contributed by atoms with Crippen LogP contribution in [-0.4, -0.2) is 4.98 Å². The standard InChI is InChI=1S/C14H12N/c1-2-10-7-8-12-11-5-3-4-6-13(11)15-14(12)9-10/h2-9,15H,1H3. The Morgan fingerprint density at radius 1 is 0.933 bits per heavy atom. The number of H-pyrrole nitrogens is 1. The van der Waals surface area contributed by atoms with Crippen LogP contribution in [0.15, 0.2) is 42.5 Å². The highest BCUT2D eigenvalue weighted by Gasteiger charge is 2.02. The highest BCUT2D eigenvalue weighted by atomic mass is 14.7. The first-order valence-corrected chi connectivity index (χ1v) is 5.18. The van der Waals surface area contributed by atoms with Gasteiger partial charge in [0.2, 0.25) is 0 Å². The zero-order chi connectivity index (χ0) is 10.3. The molecule has 0 amide bonds. The number of hydrogen-bond acceptors (Lipinski definition) is 0. The van der Waals surface area contributed by atoms with Gasteiger partial charge in [0.05, 0.1) is 0 Å². The van der Waals surface area contributed by atoms with E-state index in [1.54, 1.807) is 0 Å². The number of nitrogens with one attached hydrogen (secondary N) is 1. The third-order valence-electron chi connectivity index (χ3n) is 2.86. The second-order valence-corrected chi connectivity index (χ2v) is 3.76. The van der Waals surface area contributed by atoms with Crippen LogP contribution in [0.25, 0.3) is 21.8 Å². The Morgan fingerprint density at radius 2 is 1.73 bits per heavy atom. The number of benzene rings is 2. The molecule has 3 rings (SSSR count). The van der Waals surface area contributed by atoms with E-state index in [0.29, 0.717) is 0 Å². The van der Waals surface area contributed by atoms with Crippen molar-refractivity contribution in [3.63, 3.8) is 0 Å². The Kier molecular flexibility index (Phi) is 1.78. The molecule has 0 aliphatic heterocycles. The molecule has 0 bridgehead atoms. The second kappa shape index (κ2) is 3.13. The average molecular weight is 194 g/mol. The van der Waals surface area contributed by atoms with Crippen molar-refractivity contribution < 1.29 is 0 Å². The predicted octanol–water partition coefficient (Wildman–Crippen LogP) is 3.89. The molecule has 0 saturated heterocycles. The van der Waals surface area contributed by atoms with Crippen LogP contribution >= 0.6 is 0 Å². The highest BCUT2D eigenvalue weighted by Crippen LogP contribution is 2.25. The van der Waals surface area contributed by atoms with Crippen molar-refractivity contribution in [3.05, 3.63) is 54.4 Å². The van der Waals surface area contributed by atoms with E-state index in [2.05, 4.69) is 60.8 Å². The van der Waals surface area contributed by atoms with Crippen LogP contribution in [0.4, 0.5) is 0 Å². The molecule has 1 heterocycles. The Labute approximate surface area is 88.7 Å². The van der Waals surface area contributed by atoms with Crippen LogP contribution < -0.4 is 0 Å². The number of aromatic nitrogens is 1. The van der Waals surface area contributed by atoms with E-state index >= 15 is 0 Å². The van der Waals surface area contributed by atoms with Gasteiger partial charge in [-0.25, -0.2) is 0 Å². The molecule has 3 aromatic rings. The zero-order valence-electron chi connectivity index (χ0n) is 8.62. The molecule has 0 unspecified atom stereocenters. The molecule has 1 N–H and O–H groups in total. The number of fused-ring (bicyclic) bond motifs is 3. The minimum absolute atomic E-state index is 1.21. The number of hydrogen-bond donors (Lipinski definition) is 1. The first-order chi connectivity index (χ1) is 7.38. The van der Waals surface area contributed by atoms with Crippen molar-refractivity contribution in [3.8, 4) is 0 Å². The lowest BCUT2D eigenvalue weighted by atomic mass is 10.1. The van der Waals surface area contributed by atoms with Gasteiger partial charge in [0, 0.05) is 21.8 Å². The maximum Gasteiger partial charge on any atom is 0.0467 e. The summed E-state index contributed by atoms with van der Waals surface area (Å²) in [5.41, 5.74) is 3.68. The first-order valence-electron chi connectivity index (χ1n) is 5.18. The topological polar surface area (TPSA) is 15.8 Å². The van der Waals surface area contributed by atoms with Crippen molar-refractivity contribution in [1.29, 1.82) is 0 Å². The summed E-state index contributed by atoms with van der Waals surface area (Å²) in [7, 11) is 0. The predicted molar refractivity (Wildman–Crippen MR) is 64.9 cm³/mol. The van der Waals surface area contributed by atoms with Gasteiger partial charge in [-0.2, -0.15) is 0 Å². The van der Waals surface area contributed by atoms with Crippen molar-refractivity contribution in [2.45, 2.75) is 6.92 Å². The second-order valence-electron chi connectivity index (χ2n) is 3.76. The lowest BCUT2D eigenvalue weighted by Crippen LogP contribution is -1.75. The maximum atomic E-state index is 3.43. The first kappa shape index (κ1) is 8.54. The third-order valence-corrected chi connectivity index (χ3v) is 2.86. The molecule has 73 valence electrons. The molecule has 1 heteroatoms. The summed E-state index contributed by atoms with van der Waals surface area (Å²) >= 11 is 0. The van der Waals surface area contributed by atoms with Gasteiger partial charge in [-0.3, -0.25) is 0 Å². The normalized spacial score (nSPS) is 11.3. The SMILES string of the molecule is C[CH]c1ccc2c(c1)[nH]c1ccccc12. The largest absolute Gasteiger partial charge is 0.355 e. The molecule has 0 saturated carbocycles. The summed E-state index contributed by atoms with van der Waals surface area (Å²) in [5.74, 6) is 0. The summed E-state index contributed by atoms with van der Waals surface area (Å²) in [6, 6.07) is 14.9. The fourth-order valence-corrected chi connectivity index (χ4v) is 2.05. The fourth-order valence-electron chi connectivity index (χ4n) is 2.05. The van der Waals surface area contributed by atoms with E-state index < -0.39 is 0 Å². The number of rotatable bonds is 1. The molecule has 2 aromatic carbocycles. The molecule has 1 nitrogen and oxygen atoms in total. The average Bonchev–Trinajstić information content (AvgIpc) is 2.66. The maximum absolute atomic E-state index is 3.43. The Bertz CT molecular complexity index is 619. The lowest BCUT2D eigenvalue weighted by Gasteiger charge is -1.95. The summed E-state index contributed by atoms with van der Waals surface area (Å²) in [6.45, 7) is 2.06. The minimum atomic E-state index is 1.21. The Hall–Kier alpha value is -1.76. The van der Waals surface area contributed by atoms with Crippen molar-refractivity contribution >= 4 is 21.8 Å². The van der Waals surface area contributed by atoms with Gasteiger partial charge < -0.3 is 4.98 Å². The van der Waals surface area contributed by atoms with Crippen LogP contribution in [0.1, 0.15) is 12.5 Å². The summed E-state index contributed by atoms with van der Waals surface area (Å²) in [5, 5.41) is 2.60. The molecular weight excluding hydrogens is 182 g/mol. The molecule has 0 atom stereocenters. The van der Waals surface area contributed by atoms with E-state index in [0.717, 1.165) is 0 Å². The fraction of sp³-hybridized carbons (Fsp3) is 0.0714. The van der Waals surface area contributed by atoms with Crippen LogP contribution in [0.5, 0.6) is 0 Å². The van der Waals surface area contributed by atoms with E-state index in [1.165, 1.54) is 27.4 Å². The zero-order valence-corrected chi connectivity index (χ0v) is 8.62. The minimum Gasteiger partial charge on any atom is -0.355 e. The van der Waals surface area contributed by atoms with E-state index in [4.69, 9.17) is 0 Å². The lowest BCUT2D eigenvalue weighted by molar-refractivity contribution is 1.43. The van der Waals surface area contributed by atoms with E-state index in [-0.39, 0.29) is 0 Å². The van der Waals surface area contributed by atoms with Crippen LogP contribution in [0.3, 0.4) is 0 Å². The Morgan fingerprint density at radius 3 is 2.60 bits per heavy atom. The van der Waals surface area contributed by atoms with Gasteiger partial charge in [-0.1, -0.05) is 37.3 Å². The summed E-state index contributed by atoms with van der Waals surface area (Å²) < 4.78 is 0. The van der Waals surface area contributed by atoms with Crippen molar-refractivity contribution in [2.75, 3.05) is 0 Å². The molecule has 0 aliphatic rings. The smallest absolute Gasteiger partial charge is 0.0467 e. The van der Waals surface area contributed by atoms with Crippen LogP contribution in [0, 0.1) is 6.42 Å². The summed E-state index contributed by atoms with van der Waals surface area (Å²) in [6.07, 6.45) is 2.12. The van der Waals surface area contributed by atoms with Gasteiger partial charge >= 0.3 is 0 Å². The molecule has 0 fully saturated rings. The number of aromatic amines is 1. The molecule has 0 aliphatic carbocycles. The van der Waals surface area contributed by atoms with Crippen molar-refractivity contribution in [1.82, 2.24) is 4.98 Å². The molecule has 1 radical (unpaired) electrons. The molecule has 15 heavy (non-hydrogen) atoms. The quantitative estimate of drug-likeness (QED) is 0.604. The van der Waals surface area contributed by atoms with Gasteiger partial charge in [-0.15, -0.1) is 0 Å². The van der Waals surface area contributed by atoms with E-state index in [1.807, 2.05) is 0 Å². The van der Waals surface area contributed by atoms with Crippen molar-refractivity contribution in [2.24, 2.45) is 0 Å². The van der Waals surface area contributed by atoms with Gasteiger partial charge in [0.1, 0.15) is 0 Å². The monoisotopic (exact) mass is 194 g/mol. The summed E-state index contributed by atoms with van der Waals surface area (Å²) in [4.78, 5) is 3.43. The van der Waals surface area contributed by atoms with Gasteiger partial charge in [-0.05, 0) is 24.1 Å². The molecule has 0 spiro atoms. The van der Waals surface area contributed by atoms with Gasteiger partial charge in [0.15, 0.2) is 0 Å². The molecule has 1 aromatic heterocycles. The number of para-hydroxylation sites is 1. The van der Waals surface area contributed by atoms with Gasteiger partial charge in [0.25, 0.3) is 0 Å². The highest BCUT2D eigenvalue weighted by molar-refractivity contribution is 6.07. The third kappa shape index (κ3) is 1.23. The van der Waals surface area contributed by atoms with Crippen LogP contribution in [-0.2, 0) is 0 Å². The molecular formula is C14H12N. The van der Waals surface area contributed by atoms with Crippen LogP contribution in [0.2, 0.25) is 0 Å². The Balaban J connectivity index is 2.43. The van der Waals surface area contributed by atoms with E-state index in [9.17, 15) is 0 Å².